The Balaban J connectivity index is 2.82. The Labute approximate surface area is 102 Å². The molecule has 0 atom stereocenters. The molecule has 1 heterocycles. The Hall–Kier alpha value is -1.65. The van der Waals surface area contributed by atoms with Gasteiger partial charge in [0.25, 0.3) is 5.91 Å². The van der Waals surface area contributed by atoms with Crippen molar-refractivity contribution in [2.75, 3.05) is 5.32 Å². The first-order valence-corrected chi connectivity index (χ1v) is 5.69. The molecule has 0 aliphatic rings. The maximum Gasteiger partial charge on any atom is 0.270 e. The summed E-state index contributed by atoms with van der Waals surface area (Å²) in [6.45, 7) is 9.91. The molecule has 1 amide bonds. The number of rotatable bonds is 3. The van der Waals surface area contributed by atoms with Crippen LogP contribution in [0.1, 0.15) is 45.1 Å². The standard InChI is InChI=1S/C12H20N4O/c1-8(2)15-11(17)9-6-10(14-7-13-9)16-12(3,4)5/h6-8H,1-5H3,(H,15,17)(H,13,14,16). The van der Waals surface area contributed by atoms with E-state index in [0.29, 0.717) is 11.5 Å². The molecule has 1 aromatic rings. The minimum absolute atomic E-state index is 0.0940. The van der Waals surface area contributed by atoms with Crippen LogP contribution in [0.15, 0.2) is 12.4 Å². The number of hydrogen-bond acceptors (Lipinski definition) is 4. The fourth-order valence-electron chi connectivity index (χ4n) is 1.27. The molecule has 0 unspecified atom stereocenters. The maximum atomic E-state index is 11.7. The highest BCUT2D eigenvalue weighted by Gasteiger charge is 2.13. The van der Waals surface area contributed by atoms with Crippen LogP contribution in [0.4, 0.5) is 5.82 Å². The van der Waals surface area contributed by atoms with Crippen molar-refractivity contribution < 1.29 is 4.79 Å². The highest BCUT2D eigenvalue weighted by atomic mass is 16.1. The second-order valence-electron chi connectivity index (χ2n) is 5.29. The Kier molecular flexibility index (Phi) is 4.04. The lowest BCUT2D eigenvalue weighted by Crippen LogP contribution is -2.31. The van der Waals surface area contributed by atoms with Crippen LogP contribution >= 0.6 is 0 Å². The first-order chi connectivity index (χ1) is 7.78. The second kappa shape index (κ2) is 5.12. The van der Waals surface area contributed by atoms with Crippen molar-refractivity contribution in [1.82, 2.24) is 15.3 Å². The van der Waals surface area contributed by atoms with Gasteiger partial charge in [0.2, 0.25) is 0 Å². The molecule has 0 aliphatic carbocycles. The average Bonchev–Trinajstić information content (AvgIpc) is 2.14. The first kappa shape index (κ1) is 13.4. The second-order valence-corrected chi connectivity index (χ2v) is 5.29. The van der Waals surface area contributed by atoms with Crippen molar-refractivity contribution in [2.24, 2.45) is 0 Å². The van der Waals surface area contributed by atoms with Crippen LogP contribution in [0, 0.1) is 0 Å². The summed E-state index contributed by atoms with van der Waals surface area (Å²) in [5, 5.41) is 5.99. The lowest BCUT2D eigenvalue weighted by molar-refractivity contribution is 0.0938. The predicted octanol–water partition coefficient (Wildman–Crippen LogP) is 1.83. The zero-order valence-electron chi connectivity index (χ0n) is 11.0. The molecule has 0 radical (unpaired) electrons. The molecule has 0 bridgehead atoms. The summed E-state index contributed by atoms with van der Waals surface area (Å²) in [5.41, 5.74) is 0.278. The molecular weight excluding hydrogens is 216 g/mol. The largest absolute Gasteiger partial charge is 0.365 e. The van der Waals surface area contributed by atoms with Gasteiger partial charge in [-0.15, -0.1) is 0 Å². The van der Waals surface area contributed by atoms with Crippen molar-refractivity contribution in [3.05, 3.63) is 18.1 Å². The third-order valence-electron chi connectivity index (χ3n) is 1.82. The number of carbonyl (C=O) groups excluding carboxylic acids is 1. The lowest BCUT2D eigenvalue weighted by Gasteiger charge is -2.21. The molecule has 0 aliphatic heterocycles. The number of anilines is 1. The molecular formula is C12H20N4O. The summed E-state index contributed by atoms with van der Waals surface area (Å²) < 4.78 is 0. The van der Waals surface area contributed by atoms with Gasteiger partial charge in [0.15, 0.2) is 0 Å². The quantitative estimate of drug-likeness (QED) is 0.840. The number of aromatic nitrogens is 2. The number of nitrogens with zero attached hydrogens (tertiary/aromatic N) is 2. The number of amides is 1. The molecule has 94 valence electrons. The van der Waals surface area contributed by atoms with Crippen LogP contribution in [0.3, 0.4) is 0 Å². The molecule has 2 N–H and O–H groups in total. The normalized spacial score (nSPS) is 11.4. The van der Waals surface area contributed by atoms with Crippen molar-refractivity contribution in [3.63, 3.8) is 0 Å². The monoisotopic (exact) mass is 236 g/mol. The summed E-state index contributed by atoms with van der Waals surface area (Å²) in [6, 6.07) is 1.75. The number of nitrogens with one attached hydrogen (secondary N) is 2. The van der Waals surface area contributed by atoms with E-state index in [9.17, 15) is 4.79 Å². The van der Waals surface area contributed by atoms with Crippen LogP contribution in [-0.2, 0) is 0 Å². The summed E-state index contributed by atoms with van der Waals surface area (Å²) in [6.07, 6.45) is 1.39. The lowest BCUT2D eigenvalue weighted by atomic mass is 10.1. The zero-order chi connectivity index (χ0) is 13.1. The zero-order valence-corrected chi connectivity index (χ0v) is 11.0. The summed E-state index contributed by atoms with van der Waals surface area (Å²) in [7, 11) is 0. The molecule has 1 aromatic heterocycles. The van der Waals surface area contributed by atoms with Crippen molar-refractivity contribution >= 4 is 11.7 Å². The SMILES string of the molecule is CC(C)NC(=O)c1cc(NC(C)(C)C)ncn1. The predicted molar refractivity (Wildman–Crippen MR) is 68.0 cm³/mol. The van der Waals surface area contributed by atoms with Gasteiger partial charge in [-0.25, -0.2) is 9.97 Å². The minimum atomic E-state index is -0.181. The van der Waals surface area contributed by atoms with Gasteiger partial charge in [-0.05, 0) is 34.6 Å². The summed E-state index contributed by atoms with van der Waals surface area (Å²) in [5.74, 6) is 0.473. The Morgan fingerprint density at radius 3 is 2.47 bits per heavy atom. The van der Waals surface area contributed by atoms with Crippen LogP contribution in [-0.4, -0.2) is 27.5 Å². The van der Waals surface area contributed by atoms with Gasteiger partial charge in [-0.3, -0.25) is 4.79 Å². The van der Waals surface area contributed by atoms with Gasteiger partial charge in [-0.2, -0.15) is 0 Å². The van der Waals surface area contributed by atoms with Crippen LogP contribution in [0.25, 0.3) is 0 Å². The topological polar surface area (TPSA) is 66.9 Å². The van der Waals surface area contributed by atoms with Crippen LogP contribution in [0.2, 0.25) is 0 Å². The van der Waals surface area contributed by atoms with Crippen molar-refractivity contribution in [3.8, 4) is 0 Å². The average molecular weight is 236 g/mol. The van der Waals surface area contributed by atoms with Crippen molar-refractivity contribution in [1.29, 1.82) is 0 Å². The number of hydrogen-bond donors (Lipinski definition) is 2. The fourth-order valence-corrected chi connectivity index (χ4v) is 1.27. The molecule has 5 nitrogen and oxygen atoms in total. The molecule has 0 aromatic carbocycles. The van der Waals surface area contributed by atoms with E-state index in [-0.39, 0.29) is 17.5 Å². The highest BCUT2D eigenvalue weighted by molar-refractivity contribution is 5.92. The molecule has 1 rings (SSSR count). The number of carbonyl (C=O) groups is 1. The van der Waals surface area contributed by atoms with E-state index in [1.807, 2.05) is 34.6 Å². The van der Waals surface area contributed by atoms with E-state index in [1.54, 1.807) is 6.07 Å². The Morgan fingerprint density at radius 2 is 1.94 bits per heavy atom. The molecule has 0 spiro atoms. The van der Waals surface area contributed by atoms with Crippen LogP contribution in [0.5, 0.6) is 0 Å². The van der Waals surface area contributed by atoms with E-state index >= 15 is 0 Å². The van der Waals surface area contributed by atoms with Gasteiger partial charge in [0.05, 0.1) is 0 Å². The highest BCUT2D eigenvalue weighted by Crippen LogP contribution is 2.11. The van der Waals surface area contributed by atoms with E-state index < -0.39 is 0 Å². The van der Waals surface area contributed by atoms with E-state index in [1.165, 1.54) is 6.33 Å². The van der Waals surface area contributed by atoms with Gasteiger partial charge >= 0.3 is 0 Å². The van der Waals surface area contributed by atoms with Gasteiger partial charge in [-0.1, -0.05) is 0 Å². The third kappa shape index (κ3) is 4.80. The molecule has 17 heavy (non-hydrogen) atoms. The van der Waals surface area contributed by atoms with E-state index in [4.69, 9.17) is 0 Å². The Bertz CT molecular complexity index is 396. The Morgan fingerprint density at radius 1 is 1.29 bits per heavy atom. The smallest absolute Gasteiger partial charge is 0.270 e. The molecule has 0 fully saturated rings. The summed E-state index contributed by atoms with van der Waals surface area (Å²) in [4.78, 5) is 19.8. The van der Waals surface area contributed by atoms with E-state index in [0.717, 1.165) is 0 Å². The van der Waals surface area contributed by atoms with Gasteiger partial charge < -0.3 is 10.6 Å². The maximum absolute atomic E-state index is 11.7. The third-order valence-corrected chi connectivity index (χ3v) is 1.82. The van der Waals surface area contributed by atoms with Gasteiger partial charge in [0.1, 0.15) is 17.8 Å². The van der Waals surface area contributed by atoms with Gasteiger partial charge in [0, 0.05) is 17.6 Å². The molecule has 0 saturated carbocycles. The minimum Gasteiger partial charge on any atom is -0.365 e. The van der Waals surface area contributed by atoms with Crippen molar-refractivity contribution in [2.45, 2.75) is 46.2 Å². The van der Waals surface area contributed by atoms with Crippen LogP contribution < -0.4 is 10.6 Å². The fraction of sp³-hybridized carbons (Fsp3) is 0.583. The summed E-state index contributed by atoms with van der Waals surface area (Å²) >= 11 is 0. The van der Waals surface area contributed by atoms with E-state index in [2.05, 4.69) is 20.6 Å². The first-order valence-electron chi connectivity index (χ1n) is 5.69. The molecule has 5 heteroatoms. The molecule has 0 saturated heterocycles.